The van der Waals surface area contributed by atoms with E-state index < -0.39 is 0 Å². The molecule has 2 N–H and O–H groups in total. The monoisotopic (exact) mass is 715 g/mol. The Morgan fingerprint density at radius 3 is 1.81 bits per heavy atom. The molecule has 0 saturated carbocycles. The lowest BCUT2D eigenvalue weighted by Gasteiger charge is -2.22. The Morgan fingerprint density at radius 1 is 0.537 bits per heavy atom. The molecule has 2 heterocycles. The number of hydrogen-bond donors (Lipinski definition) is 2. The van der Waals surface area contributed by atoms with Crippen LogP contribution in [0.4, 0.5) is 0 Å². The number of carbonyl (C=O) groups excluding carboxylic acids is 2. The van der Waals surface area contributed by atoms with Gasteiger partial charge in [-0.1, -0.05) is 98.1 Å². The summed E-state index contributed by atoms with van der Waals surface area (Å²) in [4.78, 5) is 36.7. The summed E-state index contributed by atoms with van der Waals surface area (Å²) in [6.45, 7) is 3.51. The van der Waals surface area contributed by atoms with Crippen LogP contribution in [-0.4, -0.2) is 39.8 Å². The summed E-state index contributed by atoms with van der Waals surface area (Å²) in [7, 11) is 0. The molecular formula is C47H49N5O2. The fourth-order valence-electron chi connectivity index (χ4n) is 7.48. The molecule has 0 aliphatic heterocycles. The van der Waals surface area contributed by atoms with Gasteiger partial charge in [0.2, 0.25) is 5.91 Å². The van der Waals surface area contributed by atoms with E-state index in [1.807, 2.05) is 73.1 Å². The molecule has 7 heteroatoms. The Balaban J connectivity index is 0.758. The Labute approximate surface area is 318 Å². The minimum Gasteiger partial charge on any atom is -0.356 e. The predicted octanol–water partition coefficient (Wildman–Crippen LogP) is 9.40. The van der Waals surface area contributed by atoms with E-state index >= 15 is 0 Å². The molecule has 7 nitrogen and oxygen atoms in total. The highest BCUT2D eigenvalue weighted by atomic mass is 16.2. The van der Waals surface area contributed by atoms with Crippen molar-refractivity contribution < 1.29 is 9.59 Å². The van der Waals surface area contributed by atoms with Gasteiger partial charge in [0, 0.05) is 57.1 Å². The van der Waals surface area contributed by atoms with E-state index in [4.69, 9.17) is 0 Å². The van der Waals surface area contributed by atoms with Crippen LogP contribution in [0.15, 0.2) is 128 Å². The van der Waals surface area contributed by atoms with E-state index in [1.165, 1.54) is 37.9 Å². The van der Waals surface area contributed by atoms with Crippen molar-refractivity contribution in [2.24, 2.45) is 0 Å². The molecule has 0 fully saturated rings. The number of nitrogens with zero attached hydrogens (tertiary/aromatic N) is 3. The third-order valence-corrected chi connectivity index (χ3v) is 10.3. The van der Waals surface area contributed by atoms with Crippen LogP contribution in [0, 0.1) is 0 Å². The van der Waals surface area contributed by atoms with Gasteiger partial charge in [-0.3, -0.25) is 24.5 Å². The summed E-state index contributed by atoms with van der Waals surface area (Å²) in [6, 6.07) is 39.7. The van der Waals surface area contributed by atoms with Crippen molar-refractivity contribution in [3.63, 3.8) is 0 Å². The first kappa shape index (κ1) is 36.7. The van der Waals surface area contributed by atoms with Gasteiger partial charge in [-0.15, -0.1) is 0 Å². The molecule has 0 aliphatic rings. The molecule has 0 bridgehead atoms. The maximum absolute atomic E-state index is 12.8. The number of benzene rings is 5. The zero-order valence-corrected chi connectivity index (χ0v) is 31.0. The molecule has 0 saturated heterocycles. The maximum Gasteiger partial charge on any atom is 0.251 e. The number of aromatic nitrogens is 2. The van der Waals surface area contributed by atoms with Gasteiger partial charge in [-0.2, -0.15) is 0 Å². The second-order valence-corrected chi connectivity index (χ2v) is 14.3. The van der Waals surface area contributed by atoms with Crippen molar-refractivity contribution in [1.82, 2.24) is 25.5 Å². The second kappa shape index (κ2) is 18.4. The number of rotatable bonds is 19. The standard InChI is InChI=1S/C47H49N5O2/c53-44(17-11-12-36-22-23-39-25-24-37-13-10-14-38-26-27-43(36)46(39)45(37)38)50-30-6-2-1-3-7-31-51-47(54)40-20-18-35(19-21-40)32-52(33-41-15-4-8-28-48-41)34-42-16-5-9-29-49-42/h4-5,8-10,13-16,18-29H,1-3,6-7,11-12,17,30-34H2,(H,50,53)(H,51,54). The fraction of sp³-hybridized carbons (Fsp3) is 0.277. The normalized spacial score (nSPS) is 11.5. The summed E-state index contributed by atoms with van der Waals surface area (Å²) in [5, 5.41) is 14.0. The van der Waals surface area contributed by atoms with Crippen LogP contribution in [0.1, 0.15) is 77.8 Å². The van der Waals surface area contributed by atoms with E-state index in [1.54, 1.807) is 0 Å². The van der Waals surface area contributed by atoms with E-state index in [0.717, 1.165) is 68.4 Å². The highest BCUT2D eigenvalue weighted by molar-refractivity contribution is 6.23. The third-order valence-electron chi connectivity index (χ3n) is 10.3. The first-order valence-corrected chi connectivity index (χ1v) is 19.4. The van der Waals surface area contributed by atoms with E-state index in [0.29, 0.717) is 38.2 Å². The fourth-order valence-corrected chi connectivity index (χ4v) is 7.48. The van der Waals surface area contributed by atoms with Gasteiger partial charge in [0.1, 0.15) is 0 Å². The van der Waals surface area contributed by atoms with Gasteiger partial charge in [0.15, 0.2) is 0 Å². The van der Waals surface area contributed by atoms with Crippen molar-refractivity contribution in [1.29, 1.82) is 0 Å². The van der Waals surface area contributed by atoms with Gasteiger partial charge < -0.3 is 10.6 Å². The summed E-state index contributed by atoms with van der Waals surface area (Å²) in [5.41, 5.74) is 5.14. The summed E-state index contributed by atoms with van der Waals surface area (Å²) < 4.78 is 0. The molecule has 2 amide bonds. The quantitative estimate of drug-likeness (QED) is 0.0644. The summed E-state index contributed by atoms with van der Waals surface area (Å²) >= 11 is 0. The molecule has 5 aromatic carbocycles. The lowest BCUT2D eigenvalue weighted by molar-refractivity contribution is -0.121. The van der Waals surface area contributed by atoms with E-state index in [9.17, 15) is 9.59 Å². The van der Waals surface area contributed by atoms with Crippen LogP contribution in [-0.2, 0) is 30.8 Å². The number of nitrogens with one attached hydrogen (secondary N) is 2. The molecule has 0 unspecified atom stereocenters. The van der Waals surface area contributed by atoms with Crippen molar-refractivity contribution in [3.8, 4) is 0 Å². The molecule has 7 rings (SSSR count). The SMILES string of the molecule is O=C(CCCc1ccc2ccc3cccc4ccc1c2c34)NCCCCCCCNC(=O)c1ccc(CN(Cc2ccccn2)Cc2ccccn2)cc1. The summed E-state index contributed by atoms with van der Waals surface area (Å²) in [6.07, 6.45) is 11.0. The van der Waals surface area contributed by atoms with Crippen LogP contribution in [0.3, 0.4) is 0 Å². The van der Waals surface area contributed by atoms with Gasteiger partial charge in [-0.25, -0.2) is 0 Å². The topological polar surface area (TPSA) is 87.2 Å². The van der Waals surface area contributed by atoms with Gasteiger partial charge in [0.05, 0.1) is 11.4 Å². The largest absolute Gasteiger partial charge is 0.356 e. The predicted molar refractivity (Wildman–Crippen MR) is 219 cm³/mol. The number of unbranched alkanes of at least 4 members (excludes halogenated alkanes) is 4. The molecule has 274 valence electrons. The van der Waals surface area contributed by atoms with Gasteiger partial charge >= 0.3 is 0 Å². The van der Waals surface area contributed by atoms with Crippen molar-refractivity contribution in [2.75, 3.05) is 13.1 Å². The average Bonchev–Trinajstić information content (AvgIpc) is 3.20. The highest BCUT2D eigenvalue weighted by Crippen LogP contribution is 2.36. The zero-order valence-electron chi connectivity index (χ0n) is 31.0. The smallest absolute Gasteiger partial charge is 0.251 e. The third kappa shape index (κ3) is 9.65. The van der Waals surface area contributed by atoms with Crippen molar-refractivity contribution in [2.45, 2.75) is 71.0 Å². The minimum absolute atomic E-state index is 0.0396. The minimum atomic E-state index is -0.0396. The van der Waals surface area contributed by atoms with E-state index in [2.05, 4.69) is 80.1 Å². The van der Waals surface area contributed by atoms with Crippen LogP contribution in [0.2, 0.25) is 0 Å². The van der Waals surface area contributed by atoms with Crippen LogP contribution in [0.25, 0.3) is 32.3 Å². The molecule has 0 radical (unpaired) electrons. The molecule has 0 atom stereocenters. The molecule has 0 aliphatic carbocycles. The Morgan fingerprint density at radius 2 is 1.15 bits per heavy atom. The first-order chi connectivity index (χ1) is 26.6. The lowest BCUT2D eigenvalue weighted by atomic mass is 9.90. The molecule has 2 aromatic heterocycles. The Bertz CT molecular complexity index is 2200. The lowest BCUT2D eigenvalue weighted by Crippen LogP contribution is -2.25. The maximum atomic E-state index is 12.8. The molecule has 54 heavy (non-hydrogen) atoms. The highest BCUT2D eigenvalue weighted by Gasteiger charge is 2.13. The van der Waals surface area contributed by atoms with Gasteiger partial charge in [0.25, 0.3) is 5.91 Å². The Hall–Kier alpha value is -5.66. The number of pyridine rings is 2. The van der Waals surface area contributed by atoms with Crippen molar-refractivity contribution >= 4 is 44.1 Å². The number of hydrogen-bond acceptors (Lipinski definition) is 5. The van der Waals surface area contributed by atoms with Gasteiger partial charge in [-0.05, 0) is 106 Å². The Kier molecular flexibility index (Phi) is 12.5. The van der Waals surface area contributed by atoms with Crippen LogP contribution in [0.5, 0.6) is 0 Å². The summed E-state index contributed by atoms with van der Waals surface area (Å²) in [5.74, 6) is 0.0944. The number of carbonyl (C=O) groups is 2. The van der Waals surface area contributed by atoms with Crippen LogP contribution < -0.4 is 10.6 Å². The molecule has 7 aromatic rings. The van der Waals surface area contributed by atoms with Crippen LogP contribution >= 0.6 is 0 Å². The van der Waals surface area contributed by atoms with E-state index in [-0.39, 0.29) is 11.8 Å². The first-order valence-electron chi connectivity index (χ1n) is 19.4. The van der Waals surface area contributed by atoms with Crippen molar-refractivity contribution in [3.05, 3.63) is 156 Å². The number of amides is 2. The number of aryl methyl sites for hydroxylation is 1. The zero-order chi connectivity index (χ0) is 37.0. The molecular weight excluding hydrogens is 667 g/mol. The average molecular weight is 716 g/mol. The second-order valence-electron chi connectivity index (χ2n) is 14.3. The molecule has 0 spiro atoms.